The average Bonchev–Trinajstić information content (AvgIpc) is 2.80. The summed E-state index contributed by atoms with van der Waals surface area (Å²) in [5, 5.41) is 12.3. The van der Waals surface area contributed by atoms with Crippen molar-refractivity contribution in [1.82, 2.24) is 5.32 Å². The predicted octanol–water partition coefficient (Wildman–Crippen LogP) is 5.40. The van der Waals surface area contributed by atoms with Gasteiger partial charge in [0, 0.05) is 16.6 Å². The molecule has 3 aromatic rings. The highest BCUT2D eigenvalue weighted by Crippen LogP contribution is 2.26. The van der Waals surface area contributed by atoms with Crippen LogP contribution in [0.4, 0.5) is 4.39 Å². The average molecular weight is 495 g/mol. The topological polar surface area (TPSA) is 71.3 Å². The third-order valence-corrected chi connectivity index (χ3v) is 5.03. The van der Waals surface area contributed by atoms with E-state index in [1.165, 1.54) is 18.2 Å². The van der Waals surface area contributed by atoms with Crippen LogP contribution in [0.3, 0.4) is 0 Å². The summed E-state index contributed by atoms with van der Waals surface area (Å²) in [7, 11) is 1.58. The second-order valence-corrected chi connectivity index (χ2v) is 7.72. The molecular weight excluding hydrogens is 475 g/mol. The molecule has 32 heavy (non-hydrogen) atoms. The van der Waals surface area contributed by atoms with Crippen LogP contribution in [-0.2, 0) is 17.9 Å². The predicted molar refractivity (Wildman–Crippen MR) is 123 cm³/mol. The molecule has 0 aliphatic heterocycles. The monoisotopic (exact) mass is 494 g/mol. The molecule has 3 rings (SSSR count). The zero-order valence-corrected chi connectivity index (χ0v) is 18.9. The summed E-state index contributed by atoms with van der Waals surface area (Å²) in [6.07, 6.45) is 1.47. The molecule has 0 aliphatic rings. The Morgan fingerprint density at radius 2 is 1.91 bits per heavy atom. The van der Waals surface area contributed by atoms with E-state index in [0.717, 1.165) is 15.8 Å². The van der Waals surface area contributed by atoms with Gasteiger partial charge >= 0.3 is 0 Å². The summed E-state index contributed by atoms with van der Waals surface area (Å²) >= 11 is 3.40. The lowest BCUT2D eigenvalue weighted by atomic mass is 10.1. The van der Waals surface area contributed by atoms with Crippen molar-refractivity contribution >= 4 is 27.9 Å². The number of amides is 1. The molecular formula is C25H20BrFN2O3. The van der Waals surface area contributed by atoms with Crippen molar-refractivity contribution in [3.8, 4) is 17.6 Å². The first kappa shape index (κ1) is 23.0. The number of methoxy groups -OCH3 is 1. The molecule has 1 amide bonds. The van der Waals surface area contributed by atoms with Crippen LogP contribution in [0.15, 0.2) is 76.8 Å². The van der Waals surface area contributed by atoms with Crippen molar-refractivity contribution in [2.75, 3.05) is 7.11 Å². The van der Waals surface area contributed by atoms with Crippen LogP contribution in [0.1, 0.15) is 16.7 Å². The van der Waals surface area contributed by atoms with Crippen molar-refractivity contribution in [1.29, 1.82) is 5.26 Å². The van der Waals surface area contributed by atoms with E-state index in [4.69, 9.17) is 9.47 Å². The fourth-order valence-corrected chi connectivity index (χ4v) is 3.26. The smallest absolute Gasteiger partial charge is 0.262 e. The van der Waals surface area contributed by atoms with Crippen molar-refractivity contribution in [3.63, 3.8) is 0 Å². The third-order valence-electron chi connectivity index (χ3n) is 4.53. The Hall–Kier alpha value is -3.63. The second kappa shape index (κ2) is 11.1. The number of nitriles is 1. The molecule has 0 aliphatic carbocycles. The lowest BCUT2D eigenvalue weighted by Crippen LogP contribution is -2.23. The van der Waals surface area contributed by atoms with E-state index in [0.29, 0.717) is 16.9 Å². The highest BCUT2D eigenvalue weighted by molar-refractivity contribution is 9.10. The number of nitrogens with one attached hydrogen (secondary N) is 1. The molecule has 0 atom stereocenters. The molecule has 3 aromatic carbocycles. The standard InChI is InChI=1S/C25H20BrFN2O3/c1-31-23-8-5-17(6-9-23)15-29-25(30)20(14-28)12-19-13-21(26)7-10-24(19)32-16-18-3-2-4-22(27)11-18/h2-13H,15-16H2,1H3,(H,29,30)/b20-12+. The first-order valence-electron chi connectivity index (χ1n) is 9.68. The first-order valence-corrected chi connectivity index (χ1v) is 10.5. The third kappa shape index (κ3) is 6.43. The number of carbonyl (C=O) groups excluding carboxylic acids is 1. The van der Waals surface area contributed by atoms with Crippen LogP contribution in [0.2, 0.25) is 0 Å². The van der Waals surface area contributed by atoms with Crippen molar-refractivity contribution in [2.24, 2.45) is 0 Å². The lowest BCUT2D eigenvalue weighted by Gasteiger charge is -2.11. The largest absolute Gasteiger partial charge is 0.497 e. The van der Waals surface area contributed by atoms with Gasteiger partial charge in [0.1, 0.15) is 35.6 Å². The summed E-state index contributed by atoms with van der Waals surface area (Å²) in [5.41, 5.74) is 2.03. The van der Waals surface area contributed by atoms with Gasteiger partial charge in [-0.1, -0.05) is 40.2 Å². The molecule has 0 saturated carbocycles. The molecule has 5 nitrogen and oxygen atoms in total. The van der Waals surface area contributed by atoms with Crippen molar-refractivity contribution in [3.05, 3.63) is 99.3 Å². The van der Waals surface area contributed by atoms with Gasteiger partial charge in [0.2, 0.25) is 0 Å². The van der Waals surface area contributed by atoms with Crippen LogP contribution < -0.4 is 14.8 Å². The fraction of sp³-hybridized carbons (Fsp3) is 0.120. The number of hydrogen-bond donors (Lipinski definition) is 1. The Kier molecular flexibility index (Phi) is 8.01. The minimum atomic E-state index is -0.501. The van der Waals surface area contributed by atoms with E-state index in [2.05, 4.69) is 21.2 Å². The second-order valence-electron chi connectivity index (χ2n) is 6.80. The van der Waals surface area contributed by atoms with Gasteiger partial charge in [0.15, 0.2) is 0 Å². The highest BCUT2D eigenvalue weighted by atomic mass is 79.9. The maximum atomic E-state index is 13.4. The molecule has 0 heterocycles. The summed E-state index contributed by atoms with van der Waals surface area (Å²) in [4.78, 5) is 12.6. The Morgan fingerprint density at radius 3 is 2.59 bits per heavy atom. The maximum Gasteiger partial charge on any atom is 0.262 e. The van der Waals surface area contributed by atoms with Crippen LogP contribution >= 0.6 is 15.9 Å². The number of rotatable bonds is 8. The van der Waals surface area contributed by atoms with E-state index in [9.17, 15) is 14.4 Å². The molecule has 0 unspecified atom stereocenters. The van der Waals surface area contributed by atoms with E-state index >= 15 is 0 Å². The van der Waals surface area contributed by atoms with Crippen LogP contribution in [0.5, 0.6) is 11.5 Å². The SMILES string of the molecule is COc1ccc(CNC(=O)/C(C#N)=C/c2cc(Br)ccc2OCc2cccc(F)c2)cc1. The number of halogens is 2. The number of nitrogens with zero attached hydrogens (tertiary/aromatic N) is 1. The Balaban J connectivity index is 1.74. The number of hydrogen-bond acceptors (Lipinski definition) is 4. The normalized spacial score (nSPS) is 10.9. The summed E-state index contributed by atoms with van der Waals surface area (Å²) < 4.78 is 25.1. The van der Waals surface area contributed by atoms with Crippen LogP contribution in [0, 0.1) is 17.1 Å². The molecule has 0 radical (unpaired) electrons. The molecule has 0 bridgehead atoms. The van der Waals surface area contributed by atoms with Gasteiger partial charge in [-0.05, 0) is 59.7 Å². The van der Waals surface area contributed by atoms with E-state index in [-0.39, 0.29) is 24.5 Å². The van der Waals surface area contributed by atoms with Crippen molar-refractivity contribution < 1.29 is 18.7 Å². The first-order chi connectivity index (χ1) is 15.5. The van der Waals surface area contributed by atoms with E-state index in [1.807, 2.05) is 18.2 Å². The Bertz CT molecular complexity index is 1170. The minimum absolute atomic E-state index is 0.0628. The maximum absolute atomic E-state index is 13.4. The number of ether oxygens (including phenoxy) is 2. The fourth-order valence-electron chi connectivity index (χ4n) is 2.88. The quantitative estimate of drug-likeness (QED) is 0.336. The zero-order valence-electron chi connectivity index (χ0n) is 17.3. The molecule has 1 N–H and O–H groups in total. The Labute approximate surface area is 194 Å². The van der Waals surface area contributed by atoms with E-state index < -0.39 is 5.91 Å². The van der Waals surface area contributed by atoms with Crippen LogP contribution in [-0.4, -0.2) is 13.0 Å². The summed E-state index contributed by atoms with van der Waals surface area (Å²) in [6.45, 7) is 0.412. The number of carbonyl (C=O) groups is 1. The van der Waals surface area contributed by atoms with Gasteiger partial charge in [-0.2, -0.15) is 5.26 Å². The summed E-state index contributed by atoms with van der Waals surface area (Å²) in [6, 6.07) is 20.6. The van der Waals surface area contributed by atoms with E-state index in [1.54, 1.807) is 49.6 Å². The molecule has 7 heteroatoms. The van der Waals surface area contributed by atoms with Gasteiger partial charge < -0.3 is 14.8 Å². The van der Waals surface area contributed by atoms with Gasteiger partial charge in [0.25, 0.3) is 5.91 Å². The van der Waals surface area contributed by atoms with Crippen LogP contribution in [0.25, 0.3) is 6.08 Å². The molecule has 162 valence electrons. The zero-order chi connectivity index (χ0) is 22.9. The highest BCUT2D eigenvalue weighted by Gasteiger charge is 2.12. The molecule has 0 spiro atoms. The number of benzene rings is 3. The molecule has 0 fully saturated rings. The van der Waals surface area contributed by atoms with Gasteiger partial charge in [-0.3, -0.25) is 4.79 Å². The van der Waals surface area contributed by atoms with Gasteiger partial charge in [-0.25, -0.2) is 4.39 Å². The van der Waals surface area contributed by atoms with Gasteiger partial charge in [0.05, 0.1) is 7.11 Å². The molecule has 0 aromatic heterocycles. The lowest BCUT2D eigenvalue weighted by molar-refractivity contribution is -0.117. The minimum Gasteiger partial charge on any atom is -0.497 e. The Morgan fingerprint density at radius 1 is 1.12 bits per heavy atom. The summed E-state index contributed by atoms with van der Waals surface area (Å²) in [5.74, 6) is 0.341. The van der Waals surface area contributed by atoms with Crippen molar-refractivity contribution in [2.45, 2.75) is 13.2 Å². The van der Waals surface area contributed by atoms with Gasteiger partial charge in [-0.15, -0.1) is 0 Å². The molecule has 0 saturated heterocycles.